The van der Waals surface area contributed by atoms with Crippen LogP contribution >= 0.6 is 0 Å². The third-order valence-corrected chi connectivity index (χ3v) is 1.38. The van der Waals surface area contributed by atoms with E-state index in [4.69, 9.17) is 5.73 Å². The van der Waals surface area contributed by atoms with E-state index in [1.165, 1.54) is 0 Å². The Morgan fingerprint density at radius 1 is 1.44 bits per heavy atom. The van der Waals surface area contributed by atoms with E-state index < -0.39 is 5.92 Å². The molecular formula is C6H7F2N. The Kier molecular flexibility index (Phi) is 1.32. The number of rotatable bonds is 0. The highest BCUT2D eigenvalue weighted by Gasteiger charge is 2.44. The second-order valence-electron chi connectivity index (χ2n) is 2.25. The molecule has 2 N–H and O–H groups in total. The summed E-state index contributed by atoms with van der Waals surface area (Å²) < 4.78 is 24.0. The molecule has 1 rings (SSSR count). The fourth-order valence-corrected chi connectivity index (χ4v) is 0.881. The topological polar surface area (TPSA) is 26.0 Å². The van der Waals surface area contributed by atoms with Crippen molar-refractivity contribution >= 4 is 0 Å². The Morgan fingerprint density at radius 2 is 2.00 bits per heavy atom. The first kappa shape index (κ1) is 6.34. The SMILES string of the molecule is NC#CC1CC(F)(F)C1. The Bertz CT molecular complexity index is 158. The van der Waals surface area contributed by atoms with E-state index in [2.05, 4.69) is 12.0 Å². The first-order valence-corrected chi connectivity index (χ1v) is 2.73. The molecule has 0 unspecified atom stereocenters. The van der Waals surface area contributed by atoms with Crippen LogP contribution in [0, 0.1) is 17.9 Å². The van der Waals surface area contributed by atoms with Gasteiger partial charge >= 0.3 is 0 Å². The molecule has 0 aromatic heterocycles. The molecule has 3 heteroatoms. The molecule has 1 nitrogen and oxygen atoms in total. The number of hydrogen-bond acceptors (Lipinski definition) is 1. The molecular weight excluding hydrogens is 124 g/mol. The van der Waals surface area contributed by atoms with E-state index in [1.807, 2.05) is 0 Å². The maximum Gasteiger partial charge on any atom is 0.250 e. The standard InChI is InChI=1S/C6H7F2N/c7-6(8)3-5(4-6)1-2-9/h5H,3-4,9H2. The molecule has 0 spiro atoms. The summed E-state index contributed by atoms with van der Waals surface area (Å²) in [7, 11) is 0. The van der Waals surface area contributed by atoms with Crippen LogP contribution in [0.2, 0.25) is 0 Å². The largest absolute Gasteiger partial charge is 0.359 e. The fourth-order valence-electron chi connectivity index (χ4n) is 0.881. The summed E-state index contributed by atoms with van der Waals surface area (Å²) in [6.45, 7) is 0. The van der Waals surface area contributed by atoms with Gasteiger partial charge in [-0.25, -0.2) is 8.78 Å². The highest BCUT2D eigenvalue weighted by Crippen LogP contribution is 2.41. The van der Waals surface area contributed by atoms with Crippen molar-refractivity contribution in [1.82, 2.24) is 0 Å². The van der Waals surface area contributed by atoms with Gasteiger partial charge in [0.15, 0.2) is 0 Å². The maximum atomic E-state index is 12.0. The third kappa shape index (κ3) is 1.32. The minimum atomic E-state index is -2.46. The number of nitrogens with two attached hydrogens (primary N) is 1. The Labute approximate surface area is 52.2 Å². The van der Waals surface area contributed by atoms with E-state index in [1.54, 1.807) is 0 Å². The molecule has 0 aromatic carbocycles. The number of halogens is 2. The quantitative estimate of drug-likeness (QED) is 0.384. The van der Waals surface area contributed by atoms with Crippen molar-refractivity contribution in [2.75, 3.05) is 0 Å². The van der Waals surface area contributed by atoms with Crippen LogP contribution in [0.3, 0.4) is 0 Å². The van der Waals surface area contributed by atoms with Crippen LogP contribution in [-0.2, 0) is 0 Å². The summed E-state index contributed by atoms with van der Waals surface area (Å²) in [4.78, 5) is 0. The normalized spacial score (nSPS) is 23.8. The Balaban J connectivity index is 2.33. The van der Waals surface area contributed by atoms with E-state index >= 15 is 0 Å². The summed E-state index contributed by atoms with van der Waals surface area (Å²) in [5.74, 6) is -0.140. The first-order chi connectivity index (χ1) is 4.14. The van der Waals surface area contributed by atoms with Gasteiger partial charge in [0.2, 0.25) is 0 Å². The monoisotopic (exact) mass is 131 g/mol. The average molecular weight is 131 g/mol. The summed E-state index contributed by atoms with van der Waals surface area (Å²) in [6, 6.07) is 2.12. The van der Waals surface area contributed by atoms with E-state index in [0.717, 1.165) is 0 Å². The predicted octanol–water partition coefficient (Wildman–Crippen LogP) is 0.951. The highest BCUT2D eigenvalue weighted by molar-refractivity contribution is 5.07. The maximum absolute atomic E-state index is 12.0. The summed E-state index contributed by atoms with van der Waals surface area (Å²) in [5.41, 5.74) is 4.82. The molecule has 0 aromatic rings. The lowest BCUT2D eigenvalue weighted by atomic mass is 9.82. The number of hydrogen-bond donors (Lipinski definition) is 1. The van der Waals surface area contributed by atoms with Crippen LogP contribution in [0.4, 0.5) is 8.78 Å². The van der Waals surface area contributed by atoms with E-state index in [0.29, 0.717) is 0 Å². The number of alkyl halides is 2. The van der Waals surface area contributed by atoms with E-state index in [-0.39, 0.29) is 18.8 Å². The van der Waals surface area contributed by atoms with Crippen molar-refractivity contribution in [2.45, 2.75) is 18.8 Å². The van der Waals surface area contributed by atoms with Gasteiger partial charge in [0.1, 0.15) is 0 Å². The van der Waals surface area contributed by atoms with Crippen molar-refractivity contribution in [3.63, 3.8) is 0 Å². The van der Waals surface area contributed by atoms with Crippen LogP contribution in [0.5, 0.6) is 0 Å². The highest BCUT2D eigenvalue weighted by atomic mass is 19.3. The summed E-state index contributed by atoms with van der Waals surface area (Å²) >= 11 is 0. The lowest BCUT2D eigenvalue weighted by Gasteiger charge is -2.30. The summed E-state index contributed by atoms with van der Waals surface area (Å²) in [6.07, 6.45) is -0.228. The van der Waals surface area contributed by atoms with Gasteiger partial charge in [-0.15, -0.1) is 0 Å². The van der Waals surface area contributed by atoms with Crippen molar-refractivity contribution < 1.29 is 8.78 Å². The molecule has 50 valence electrons. The van der Waals surface area contributed by atoms with Gasteiger partial charge in [0.05, 0.1) is 0 Å². The van der Waals surface area contributed by atoms with Gasteiger partial charge in [-0.05, 0) is 0 Å². The van der Waals surface area contributed by atoms with Gasteiger partial charge in [-0.1, -0.05) is 5.92 Å². The Morgan fingerprint density at radius 3 is 2.33 bits per heavy atom. The molecule has 0 amide bonds. The Hall–Kier alpha value is -0.780. The zero-order valence-corrected chi connectivity index (χ0v) is 4.82. The van der Waals surface area contributed by atoms with Gasteiger partial charge in [0, 0.05) is 24.8 Å². The van der Waals surface area contributed by atoms with Crippen molar-refractivity contribution in [1.29, 1.82) is 0 Å². The van der Waals surface area contributed by atoms with Crippen LogP contribution in [0.15, 0.2) is 0 Å². The zero-order chi connectivity index (χ0) is 6.91. The summed E-state index contributed by atoms with van der Waals surface area (Å²) in [5, 5.41) is 0. The van der Waals surface area contributed by atoms with Crippen molar-refractivity contribution in [2.24, 2.45) is 11.7 Å². The molecule has 0 aliphatic heterocycles. The molecule has 0 saturated heterocycles. The average Bonchev–Trinajstić information content (AvgIpc) is 1.62. The molecule has 0 radical (unpaired) electrons. The smallest absolute Gasteiger partial charge is 0.250 e. The molecule has 0 bridgehead atoms. The zero-order valence-electron chi connectivity index (χ0n) is 4.82. The first-order valence-electron chi connectivity index (χ1n) is 2.73. The van der Waals surface area contributed by atoms with Gasteiger partial charge in [0.25, 0.3) is 5.92 Å². The fraction of sp³-hybridized carbons (Fsp3) is 0.667. The molecule has 0 atom stereocenters. The molecule has 1 aliphatic rings. The predicted molar refractivity (Wildman–Crippen MR) is 29.6 cm³/mol. The third-order valence-electron chi connectivity index (χ3n) is 1.38. The van der Waals surface area contributed by atoms with Crippen molar-refractivity contribution in [3.05, 3.63) is 0 Å². The molecule has 1 saturated carbocycles. The second-order valence-corrected chi connectivity index (χ2v) is 2.25. The van der Waals surface area contributed by atoms with Crippen LogP contribution in [-0.4, -0.2) is 5.92 Å². The van der Waals surface area contributed by atoms with Gasteiger partial charge in [-0.2, -0.15) is 0 Å². The van der Waals surface area contributed by atoms with Crippen LogP contribution in [0.1, 0.15) is 12.8 Å². The minimum absolute atomic E-state index is 0.114. The van der Waals surface area contributed by atoms with Crippen LogP contribution < -0.4 is 5.73 Å². The minimum Gasteiger partial charge on any atom is -0.359 e. The molecule has 0 heterocycles. The second kappa shape index (κ2) is 1.87. The van der Waals surface area contributed by atoms with Crippen LogP contribution in [0.25, 0.3) is 0 Å². The molecule has 1 fully saturated rings. The van der Waals surface area contributed by atoms with Gasteiger partial charge < -0.3 is 5.73 Å². The van der Waals surface area contributed by atoms with Gasteiger partial charge in [-0.3, -0.25) is 0 Å². The lowest BCUT2D eigenvalue weighted by molar-refractivity contribution is -0.0936. The van der Waals surface area contributed by atoms with E-state index in [9.17, 15) is 8.78 Å². The lowest BCUT2D eigenvalue weighted by Crippen LogP contribution is -2.34. The van der Waals surface area contributed by atoms with Crippen molar-refractivity contribution in [3.8, 4) is 12.0 Å². The molecule has 1 aliphatic carbocycles. The molecule has 9 heavy (non-hydrogen) atoms.